The highest BCUT2D eigenvalue weighted by Crippen LogP contribution is 2.03. The molecule has 0 unspecified atom stereocenters. The van der Waals surface area contributed by atoms with Gasteiger partial charge in [-0.2, -0.15) is 0 Å². The molecule has 1 aromatic carbocycles. The van der Waals surface area contributed by atoms with Crippen molar-refractivity contribution in [1.29, 1.82) is 0 Å². The Kier molecular flexibility index (Phi) is 3.18. The topological polar surface area (TPSA) is 72.2 Å². The normalized spacial score (nSPS) is 10.3. The summed E-state index contributed by atoms with van der Waals surface area (Å²) in [5, 5.41) is 8.77. The van der Waals surface area contributed by atoms with E-state index in [1.165, 1.54) is 41.2 Å². The van der Waals surface area contributed by atoms with Gasteiger partial charge in [0, 0.05) is 12.4 Å². The average molecular weight is 248 g/mol. The molecule has 0 aliphatic carbocycles. The van der Waals surface area contributed by atoms with Gasteiger partial charge >= 0.3 is 5.97 Å². The van der Waals surface area contributed by atoms with E-state index in [0.717, 1.165) is 0 Å². The molecule has 0 saturated carbocycles. The van der Waals surface area contributed by atoms with E-state index in [9.17, 15) is 14.0 Å². The Bertz CT molecular complexity index is 635. The summed E-state index contributed by atoms with van der Waals surface area (Å²) in [6.45, 7) is 0.169. The zero-order chi connectivity index (χ0) is 13.1. The van der Waals surface area contributed by atoms with Crippen molar-refractivity contribution < 1.29 is 14.3 Å². The summed E-state index contributed by atoms with van der Waals surface area (Å²) in [7, 11) is 0. The Morgan fingerprint density at radius 1 is 1.33 bits per heavy atom. The molecule has 0 aliphatic rings. The van der Waals surface area contributed by atoms with Gasteiger partial charge in [-0.3, -0.25) is 4.79 Å². The molecule has 0 fully saturated rings. The molecule has 2 aromatic rings. The number of carbonyl (C=O) groups is 1. The summed E-state index contributed by atoms with van der Waals surface area (Å²) in [5.41, 5.74) is -0.519. The third-order valence-electron chi connectivity index (χ3n) is 2.38. The summed E-state index contributed by atoms with van der Waals surface area (Å²) in [6.07, 6.45) is 2.63. The van der Waals surface area contributed by atoms with Crippen LogP contribution in [0.5, 0.6) is 0 Å². The number of carboxylic acids is 1. The Balaban J connectivity index is 2.35. The number of aromatic carboxylic acids is 1. The van der Waals surface area contributed by atoms with E-state index in [2.05, 4.69) is 4.98 Å². The highest BCUT2D eigenvalue weighted by atomic mass is 19.1. The predicted octanol–water partition coefficient (Wildman–Crippen LogP) is 1.13. The molecular formula is C12H9FN2O3. The van der Waals surface area contributed by atoms with Crippen molar-refractivity contribution in [1.82, 2.24) is 9.55 Å². The SMILES string of the molecule is O=C(O)c1nccn(Cc2ccc(F)cc2)c1=O. The number of halogens is 1. The molecule has 5 nitrogen and oxygen atoms in total. The first-order valence-electron chi connectivity index (χ1n) is 5.11. The van der Waals surface area contributed by atoms with Gasteiger partial charge in [0.05, 0.1) is 6.54 Å². The fraction of sp³-hybridized carbons (Fsp3) is 0.0833. The standard InChI is InChI=1S/C12H9FN2O3/c13-9-3-1-8(2-4-9)7-15-6-5-14-10(11(15)16)12(17)18/h1-6H,7H2,(H,17,18). The fourth-order valence-electron chi connectivity index (χ4n) is 1.51. The zero-order valence-electron chi connectivity index (χ0n) is 9.21. The van der Waals surface area contributed by atoms with Crippen LogP contribution in [0.3, 0.4) is 0 Å². The smallest absolute Gasteiger partial charge is 0.360 e. The van der Waals surface area contributed by atoms with Crippen molar-refractivity contribution in [3.05, 3.63) is 64.1 Å². The lowest BCUT2D eigenvalue weighted by Crippen LogP contribution is -2.27. The van der Waals surface area contributed by atoms with Crippen molar-refractivity contribution in [3.8, 4) is 0 Å². The number of aromatic nitrogens is 2. The monoisotopic (exact) mass is 248 g/mol. The number of hydrogen-bond acceptors (Lipinski definition) is 3. The lowest BCUT2D eigenvalue weighted by molar-refractivity contribution is 0.0687. The Hall–Kier alpha value is -2.50. The minimum Gasteiger partial charge on any atom is -0.476 e. The number of hydrogen-bond donors (Lipinski definition) is 1. The highest BCUT2D eigenvalue weighted by Gasteiger charge is 2.12. The Morgan fingerprint density at radius 2 is 2.00 bits per heavy atom. The van der Waals surface area contributed by atoms with E-state index in [0.29, 0.717) is 5.56 Å². The molecule has 0 spiro atoms. The largest absolute Gasteiger partial charge is 0.476 e. The van der Waals surface area contributed by atoms with Crippen molar-refractivity contribution >= 4 is 5.97 Å². The summed E-state index contributed by atoms with van der Waals surface area (Å²) < 4.78 is 13.9. The number of carboxylic acid groups (broad SMARTS) is 1. The zero-order valence-corrected chi connectivity index (χ0v) is 9.21. The lowest BCUT2D eigenvalue weighted by atomic mass is 10.2. The van der Waals surface area contributed by atoms with Crippen LogP contribution in [0.1, 0.15) is 16.1 Å². The van der Waals surface area contributed by atoms with Crippen LogP contribution in [0.4, 0.5) is 4.39 Å². The van der Waals surface area contributed by atoms with Crippen molar-refractivity contribution in [2.75, 3.05) is 0 Å². The molecule has 0 amide bonds. The maximum Gasteiger partial charge on any atom is 0.360 e. The van der Waals surface area contributed by atoms with Crippen LogP contribution in [0.25, 0.3) is 0 Å². The third kappa shape index (κ3) is 2.42. The summed E-state index contributed by atoms with van der Waals surface area (Å²) in [6, 6.07) is 5.62. The Labute approximate surface area is 101 Å². The second-order valence-electron chi connectivity index (χ2n) is 3.64. The molecule has 1 aromatic heterocycles. The number of benzene rings is 1. The second-order valence-corrected chi connectivity index (χ2v) is 3.64. The van der Waals surface area contributed by atoms with Gasteiger partial charge in [0.15, 0.2) is 0 Å². The van der Waals surface area contributed by atoms with Crippen LogP contribution < -0.4 is 5.56 Å². The fourth-order valence-corrected chi connectivity index (χ4v) is 1.51. The first-order valence-corrected chi connectivity index (χ1v) is 5.11. The molecule has 18 heavy (non-hydrogen) atoms. The van der Waals surface area contributed by atoms with Gasteiger partial charge in [0.2, 0.25) is 5.69 Å². The van der Waals surface area contributed by atoms with E-state index < -0.39 is 17.2 Å². The first-order chi connectivity index (χ1) is 8.58. The van der Waals surface area contributed by atoms with Crippen LogP contribution in [-0.2, 0) is 6.54 Å². The van der Waals surface area contributed by atoms with Crippen LogP contribution in [0, 0.1) is 5.82 Å². The summed E-state index contributed by atoms with van der Waals surface area (Å²) in [4.78, 5) is 26.0. The minimum absolute atomic E-state index is 0.169. The van der Waals surface area contributed by atoms with Crippen molar-refractivity contribution in [2.24, 2.45) is 0 Å². The maximum absolute atomic E-state index is 12.7. The third-order valence-corrected chi connectivity index (χ3v) is 2.38. The average Bonchev–Trinajstić information content (AvgIpc) is 2.34. The van der Waals surface area contributed by atoms with Crippen LogP contribution in [-0.4, -0.2) is 20.6 Å². The van der Waals surface area contributed by atoms with Crippen molar-refractivity contribution in [2.45, 2.75) is 6.54 Å². The van der Waals surface area contributed by atoms with E-state index in [-0.39, 0.29) is 12.4 Å². The van der Waals surface area contributed by atoms with Gasteiger partial charge in [-0.15, -0.1) is 0 Å². The van der Waals surface area contributed by atoms with Gasteiger partial charge in [0.25, 0.3) is 5.56 Å². The highest BCUT2D eigenvalue weighted by molar-refractivity contribution is 5.84. The van der Waals surface area contributed by atoms with Gasteiger partial charge in [-0.1, -0.05) is 12.1 Å². The van der Waals surface area contributed by atoms with Crippen LogP contribution in [0.15, 0.2) is 41.5 Å². The summed E-state index contributed by atoms with van der Waals surface area (Å²) in [5.74, 6) is -1.74. The molecule has 92 valence electrons. The molecule has 0 bridgehead atoms. The van der Waals surface area contributed by atoms with Gasteiger partial charge < -0.3 is 9.67 Å². The van der Waals surface area contributed by atoms with E-state index in [4.69, 9.17) is 5.11 Å². The molecule has 6 heteroatoms. The van der Waals surface area contributed by atoms with E-state index in [1.807, 2.05) is 0 Å². The van der Waals surface area contributed by atoms with Crippen LogP contribution in [0.2, 0.25) is 0 Å². The lowest BCUT2D eigenvalue weighted by Gasteiger charge is -2.05. The molecular weight excluding hydrogens is 239 g/mol. The maximum atomic E-state index is 12.7. The molecule has 0 aliphatic heterocycles. The molecule has 0 radical (unpaired) electrons. The number of rotatable bonds is 3. The summed E-state index contributed by atoms with van der Waals surface area (Å²) >= 11 is 0. The second kappa shape index (κ2) is 4.79. The molecule has 1 N–H and O–H groups in total. The van der Waals surface area contributed by atoms with Crippen molar-refractivity contribution in [3.63, 3.8) is 0 Å². The van der Waals surface area contributed by atoms with E-state index >= 15 is 0 Å². The van der Waals surface area contributed by atoms with Crippen LogP contribution >= 0.6 is 0 Å². The Morgan fingerprint density at radius 3 is 2.61 bits per heavy atom. The first kappa shape index (κ1) is 12.0. The molecule has 0 saturated heterocycles. The molecule has 2 rings (SSSR count). The minimum atomic E-state index is -1.37. The predicted molar refractivity (Wildman–Crippen MR) is 61.0 cm³/mol. The van der Waals surface area contributed by atoms with Gasteiger partial charge in [-0.05, 0) is 17.7 Å². The van der Waals surface area contributed by atoms with E-state index in [1.54, 1.807) is 0 Å². The van der Waals surface area contributed by atoms with Gasteiger partial charge in [0.1, 0.15) is 5.82 Å². The molecule has 1 heterocycles. The van der Waals surface area contributed by atoms with Gasteiger partial charge in [-0.25, -0.2) is 14.2 Å². The number of nitrogens with zero attached hydrogens (tertiary/aromatic N) is 2. The quantitative estimate of drug-likeness (QED) is 0.883. The molecule has 0 atom stereocenters.